The highest BCUT2D eigenvalue weighted by Gasteiger charge is 2.36. The van der Waals surface area contributed by atoms with Gasteiger partial charge in [-0.25, -0.2) is 0 Å². The SMILES string of the molecule is O=C(CN1C(=O)c2ccccc2C1=O)Nc1ccc2c(c1)CN(C(=O)C1CC1)CC2. The van der Waals surface area contributed by atoms with Gasteiger partial charge in [0.05, 0.1) is 11.1 Å². The molecule has 1 aliphatic carbocycles. The molecule has 2 heterocycles. The quantitative estimate of drug-likeness (QED) is 0.793. The van der Waals surface area contributed by atoms with E-state index in [1.54, 1.807) is 24.3 Å². The molecule has 0 radical (unpaired) electrons. The molecule has 7 heteroatoms. The van der Waals surface area contributed by atoms with Gasteiger partial charge in [-0.1, -0.05) is 18.2 Å². The summed E-state index contributed by atoms with van der Waals surface area (Å²) in [6.07, 6.45) is 2.77. The van der Waals surface area contributed by atoms with E-state index in [0.29, 0.717) is 23.4 Å². The monoisotopic (exact) mass is 403 g/mol. The van der Waals surface area contributed by atoms with E-state index in [0.717, 1.165) is 36.3 Å². The highest BCUT2D eigenvalue weighted by Crippen LogP contribution is 2.33. The van der Waals surface area contributed by atoms with Crippen LogP contribution in [0.2, 0.25) is 0 Å². The van der Waals surface area contributed by atoms with Gasteiger partial charge in [0, 0.05) is 24.7 Å². The second kappa shape index (κ2) is 7.09. The van der Waals surface area contributed by atoms with Crippen LogP contribution in [0.5, 0.6) is 0 Å². The van der Waals surface area contributed by atoms with Crippen LogP contribution in [-0.2, 0) is 22.6 Å². The lowest BCUT2D eigenvalue weighted by molar-refractivity contribution is -0.133. The Hall–Kier alpha value is -3.48. The number of benzene rings is 2. The number of hydrogen-bond acceptors (Lipinski definition) is 4. The van der Waals surface area contributed by atoms with Crippen LogP contribution in [0.4, 0.5) is 5.69 Å². The van der Waals surface area contributed by atoms with Crippen LogP contribution in [0.1, 0.15) is 44.7 Å². The summed E-state index contributed by atoms with van der Waals surface area (Å²) in [4.78, 5) is 52.6. The van der Waals surface area contributed by atoms with Gasteiger partial charge in [-0.05, 0) is 54.7 Å². The zero-order valence-corrected chi connectivity index (χ0v) is 16.4. The van der Waals surface area contributed by atoms with Gasteiger partial charge in [-0.15, -0.1) is 0 Å². The molecular weight excluding hydrogens is 382 g/mol. The van der Waals surface area contributed by atoms with Crippen molar-refractivity contribution in [3.05, 3.63) is 64.7 Å². The van der Waals surface area contributed by atoms with Crippen LogP contribution < -0.4 is 5.32 Å². The second-order valence-corrected chi connectivity index (χ2v) is 8.06. The van der Waals surface area contributed by atoms with Crippen molar-refractivity contribution in [2.45, 2.75) is 25.8 Å². The molecule has 5 rings (SSSR count). The zero-order chi connectivity index (χ0) is 20.8. The Morgan fingerprint density at radius 2 is 1.67 bits per heavy atom. The first-order valence-corrected chi connectivity index (χ1v) is 10.2. The van der Waals surface area contributed by atoms with Crippen LogP contribution in [0.25, 0.3) is 0 Å². The highest BCUT2D eigenvalue weighted by molar-refractivity contribution is 6.22. The summed E-state index contributed by atoms with van der Waals surface area (Å²) in [5.41, 5.74) is 3.44. The van der Waals surface area contributed by atoms with Gasteiger partial charge < -0.3 is 10.2 Å². The van der Waals surface area contributed by atoms with Gasteiger partial charge in [0.1, 0.15) is 6.54 Å². The number of imide groups is 1. The van der Waals surface area contributed by atoms with Crippen molar-refractivity contribution in [3.63, 3.8) is 0 Å². The lowest BCUT2D eigenvalue weighted by Crippen LogP contribution is -2.38. The molecular formula is C23H21N3O4. The van der Waals surface area contributed by atoms with Crippen molar-refractivity contribution in [1.29, 1.82) is 0 Å². The summed E-state index contributed by atoms with van der Waals surface area (Å²) in [5.74, 6) is -0.933. The van der Waals surface area contributed by atoms with E-state index in [-0.39, 0.29) is 18.4 Å². The molecule has 2 aromatic rings. The van der Waals surface area contributed by atoms with E-state index in [9.17, 15) is 19.2 Å². The maximum absolute atomic E-state index is 12.5. The van der Waals surface area contributed by atoms with Crippen LogP contribution in [-0.4, -0.2) is 46.5 Å². The third-order valence-corrected chi connectivity index (χ3v) is 5.92. The van der Waals surface area contributed by atoms with Crippen LogP contribution in [0, 0.1) is 5.92 Å². The fourth-order valence-electron chi connectivity index (χ4n) is 4.14. The number of nitrogens with zero attached hydrogens (tertiary/aromatic N) is 2. The largest absolute Gasteiger partial charge is 0.338 e. The van der Waals surface area contributed by atoms with E-state index in [1.165, 1.54) is 5.56 Å². The lowest BCUT2D eigenvalue weighted by atomic mass is 9.98. The van der Waals surface area contributed by atoms with E-state index in [4.69, 9.17) is 0 Å². The first-order chi connectivity index (χ1) is 14.5. The predicted molar refractivity (Wildman–Crippen MR) is 109 cm³/mol. The number of anilines is 1. The summed E-state index contributed by atoms with van der Waals surface area (Å²) in [6.45, 7) is 0.941. The van der Waals surface area contributed by atoms with Gasteiger partial charge in [-0.3, -0.25) is 24.1 Å². The van der Waals surface area contributed by atoms with Crippen molar-refractivity contribution in [1.82, 2.24) is 9.80 Å². The van der Waals surface area contributed by atoms with Gasteiger partial charge in [-0.2, -0.15) is 0 Å². The van der Waals surface area contributed by atoms with Gasteiger partial charge in [0.2, 0.25) is 11.8 Å². The fourth-order valence-corrected chi connectivity index (χ4v) is 4.14. The molecule has 0 saturated heterocycles. The number of carbonyl (C=O) groups is 4. The molecule has 1 N–H and O–H groups in total. The van der Waals surface area contributed by atoms with Crippen LogP contribution >= 0.6 is 0 Å². The second-order valence-electron chi connectivity index (χ2n) is 8.06. The molecule has 0 spiro atoms. The number of carbonyl (C=O) groups excluding carboxylic acids is 4. The van der Waals surface area contributed by atoms with Crippen molar-refractivity contribution >= 4 is 29.3 Å². The summed E-state index contributed by atoms with van der Waals surface area (Å²) >= 11 is 0. The Morgan fingerprint density at radius 1 is 0.967 bits per heavy atom. The normalized spacial score (nSPS) is 17.6. The number of amides is 4. The molecule has 0 aromatic heterocycles. The third-order valence-electron chi connectivity index (χ3n) is 5.92. The summed E-state index contributed by atoms with van der Waals surface area (Å²) in [7, 11) is 0. The first kappa shape index (κ1) is 18.5. The molecule has 30 heavy (non-hydrogen) atoms. The van der Waals surface area contributed by atoms with Crippen molar-refractivity contribution in [2.75, 3.05) is 18.4 Å². The maximum atomic E-state index is 12.5. The minimum atomic E-state index is -0.453. The molecule has 0 unspecified atom stereocenters. The van der Waals surface area contributed by atoms with E-state index in [2.05, 4.69) is 5.32 Å². The Kier molecular flexibility index (Phi) is 4.38. The fraction of sp³-hybridized carbons (Fsp3) is 0.304. The Balaban J connectivity index is 1.26. The smallest absolute Gasteiger partial charge is 0.262 e. The Labute approximate surface area is 173 Å². The van der Waals surface area contributed by atoms with Crippen molar-refractivity contribution in [2.24, 2.45) is 5.92 Å². The molecule has 1 saturated carbocycles. The van der Waals surface area contributed by atoms with E-state index in [1.807, 2.05) is 23.1 Å². The summed E-state index contributed by atoms with van der Waals surface area (Å²) < 4.78 is 0. The molecule has 0 bridgehead atoms. The van der Waals surface area contributed by atoms with Gasteiger partial charge >= 0.3 is 0 Å². The van der Waals surface area contributed by atoms with Crippen LogP contribution in [0.15, 0.2) is 42.5 Å². The molecule has 7 nitrogen and oxygen atoms in total. The number of fused-ring (bicyclic) bond motifs is 2. The standard InChI is InChI=1S/C23H21N3O4/c27-20(13-26-22(29)18-3-1-2-4-19(18)23(26)30)24-17-8-7-14-9-10-25(12-16(14)11-17)21(28)15-5-6-15/h1-4,7-8,11,15H,5-6,9-10,12-13H2,(H,24,27). The number of nitrogens with one attached hydrogen (secondary N) is 1. The molecule has 3 aliphatic rings. The average molecular weight is 403 g/mol. The third kappa shape index (κ3) is 3.26. The predicted octanol–water partition coefficient (Wildman–Crippen LogP) is 2.22. The van der Waals surface area contributed by atoms with Crippen LogP contribution in [0.3, 0.4) is 0 Å². The Bertz CT molecular complexity index is 1050. The molecule has 152 valence electrons. The zero-order valence-electron chi connectivity index (χ0n) is 16.4. The lowest BCUT2D eigenvalue weighted by Gasteiger charge is -2.29. The average Bonchev–Trinajstić information content (AvgIpc) is 3.58. The molecule has 4 amide bonds. The van der Waals surface area contributed by atoms with E-state index < -0.39 is 17.7 Å². The maximum Gasteiger partial charge on any atom is 0.262 e. The highest BCUT2D eigenvalue weighted by atomic mass is 16.2. The summed E-state index contributed by atoms with van der Waals surface area (Å²) in [5, 5.41) is 2.78. The molecule has 2 aliphatic heterocycles. The number of rotatable bonds is 4. The first-order valence-electron chi connectivity index (χ1n) is 10.2. The molecule has 1 fully saturated rings. The summed E-state index contributed by atoms with van der Waals surface area (Å²) in [6, 6.07) is 12.2. The van der Waals surface area contributed by atoms with Gasteiger partial charge in [0.25, 0.3) is 11.8 Å². The Morgan fingerprint density at radius 3 is 2.33 bits per heavy atom. The molecule has 2 aromatic carbocycles. The topological polar surface area (TPSA) is 86.8 Å². The minimum absolute atomic E-state index is 0.189. The minimum Gasteiger partial charge on any atom is -0.338 e. The molecule has 0 atom stereocenters. The van der Waals surface area contributed by atoms with Crippen molar-refractivity contribution in [3.8, 4) is 0 Å². The van der Waals surface area contributed by atoms with Crippen molar-refractivity contribution < 1.29 is 19.2 Å². The number of hydrogen-bond donors (Lipinski definition) is 1. The van der Waals surface area contributed by atoms with E-state index >= 15 is 0 Å². The van der Waals surface area contributed by atoms with Gasteiger partial charge in [0.15, 0.2) is 0 Å².